The molecule has 1 heterocycles. The van der Waals surface area contributed by atoms with Gasteiger partial charge in [-0.05, 0) is 72.4 Å². The number of carbonyl (C=O) groups excluding carboxylic acids is 2. The number of aliphatic hydroxyl groups excluding tert-OH is 1. The summed E-state index contributed by atoms with van der Waals surface area (Å²) >= 11 is 0. The van der Waals surface area contributed by atoms with Crippen LogP contribution in [-0.2, 0) is 19.3 Å². The zero-order chi connectivity index (χ0) is 31.0. The highest BCUT2D eigenvalue weighted by molar-refractivity contribution is 6.21. The van der Waals surface area contributed by atoms with Gasteiger partial charge < -0.3 is 10.8 Å². The number of nitrogens with two attached hydrogens (primary N) is 1. The molecule has 4 aromatic rings. The number of fused-ring (bicyclic) bond motifs is 1. The molecule has 0 spiro atoms. The maximum atomic E-state index is 12.3. The van der Waals surface area contributed by atoms with Crippen LogP contribution < -0.4 is 5.73 Å². The Morgan fingerprint density at radius 3 is 1.28 bits per heavy atom. The molecule has 0 aliphatic carbocycles. The molecule has 0 fully saturated rings. The first-order valence-corrected chi connectivity index (χ1v) is 15.2. The molecule has 1 aliphatic heterocycles. The normalized spacial score (nSPS) is 14.0. The first-order valence-electron chi connectivity index (χ1n) is 15.2. The van der Waals surface area contributed by atoms with Gasteiger partial charge in [-0.1, -0.05) is 124 Å². The monoisotopic (exact) mass is 578 g/mol. The number of carbonyl (C=O) groups is 2. The number of hydrogen-bond acceptors (Lipinski definition) is 4. The summed E-state index contributed by atoms with van der Waals surface area (Å²) in [5, 5.41) is 8.80. The third-order valence-electron chi connectivity index (χ3n) is 7.37. The summed E-state index contributed by atoms with van der Waals surface area (Å²) in [6, 6.07) is 37.9. The number of amides is 2. The van der Waals surface area contributed by atoms with Gasteiger partial charge in [0.2, 0.25) is 0 Å². The molecule has 0 aromatic heterocycles. The molecular weight excluding hydrogens is 532 g/mol. The van der Waals surface area contributed by atoms with E-state index in [0.717, 1.165) is 25.8 Å². The van der Waals surface area contributed by atoms with Crippen LogP contribution in [0.15, 0.2) is 115 Å². The Bertz CT molecular complexity index is 1290. The predicted molar refractivity (Wildman–Crippen MR) is 176 cm³/mol. The minimum absolute atomic E-state index is 0.171. The van der Waals surface area contributed by atoms with Crippen molar-refractivity contribution in [3.8, 4) is 0 Å². The summed E-state index contributed by atoms with van der Waals surface area (Å²) in [5.41, 5.74) is 10.5. The highest BCUT2D eigenvalue weighted by Gasteiger charge is 2.35. The van der Waals surface area contributed by atoms with Crippen LogP contribution in [0.2, 0.25) is 0 Å². The van der Waals surface area contributed by atoms with Crippen LogP contribution >= 0.6 is 0 Å². The average molecular weight is 579 g/mol. The summed E-state index contributed by atoms with van der Waals surface area (Å²) in [5.74, 6) is 0.857. The smallest absolute Gasteiger partial charge is 0.261 e. The summed E-state index contributed by atoms with van der Waals surface area (Å²) in [7, 11) is 0. The predicted octanol–water partition coefficient (Wildman–Crippen LogP) is 6.84. The second kappa shape index (κ2) is 17.8. The lowest BCUT2D eigenvalue weighted by molar-refractivity contribution is 0.0632. The SMILES string of the molecule is C[C@@H](Cc1ccccc1)CN1C(=O)c2ccccc2C1=O.C[C@H](CN)Cc1ccccc1.C[C@H](CO)Cc1ccccc1. The first-order chi connectivity index (χ1) is 20.8. The number of hydrogen-bond donors (Lipinski definition) is 2. The van der Waals surface area contributed by atoms with Crippen molar-refractivity contribution in [2.75, 3.05) is 19.7 Å². The van der Waals surface area contributed by atoms with Crippen molar-refractivity contribution < 1.29 is 14.7 Å². The molecule has 0 unspecified atom stereocenters. The molecule has 1 aliphatic rings. The van der Waals surface area contributed by atoms with Gasteiger partial charge in [0.25, 0.3) is 11.8 Å². The Morgan fingerprint density at radius 2 is 0.907 bits per heavy atom. The van der Waals surface area contributed by atoms with E-state index in [1.165, 1.54) is 21.6 Å². The van der Waals surface area contributed by atoms with Crippen molar-refractivity contribution >= 4 is 11.8 Å². The third kappa shape index (κ3) is 10.9. The first kappa shape index (κ1) is 33.4. The van der Waals surface area contributed by atoms with Crippen LogP contribution in [0.4, 0.5) is 0 Å². The minimum Gasteiger partial charge on any atom is -0.396 e. The molecule has 226 valence electrons. The van der Waals surface area contributed by atoms with Gasteiger partial charge in [-0.3, -0.25) is 14.5 Å². The molecule has 0 saturated carbocycles. The fourth-order valence-electron chi connectivity index (χ4n) is 4.98. The van der Waals surface area contributed by atoms with Crippen LogP contribution in [0.5, 0.6) is 0 Å². The molecule has 43 heavy (non-hydrogen) atoms. The molecule has 3 atom stereocenters. The quantitative estimate of drug-likeness (QED) is 0.202. The molecule has 3 N–H and O–H groups in total. The molecule has 4 aromatic carbocycles. The van der Waals surface area contributed by atoms with Crippen LogP contribution in [0.25, 0.3) is 0 Å². The lowest BCUT2D eigenvalue weighted by atomic mass is 10.0. The summed E-state index contributed by atoms with van der Waals surface area (Å²) in [6.45, 7) is 7.79. The second-order valence-electron chi connectivity index (χ2n) is 11.6. The lowest BCUT2D eigenvalue weighted by Crippen LogP contribution is -2.34. The summed E-state index contributed by atoms with van der Waals surface area (Å²) in [6.07, 6.45) is 2.92. The van der Waals surface area contributed by atoms with E-state index in [1.807, 2.05) is 49.4 Å². The topological polar surface area (TPSA) is 83.6 Å². The third-order valence-corrected chi connectivity index (χ3v) is 7.37. The van der Waals surface area contributed by atoms with E-state index in [2.05, 4.69) is 62.4 Å². The van der Waals surface area contributed by atoms with Crippen LogP contribution in [-0.4, -0.2) is 41.5 Å². The molecule has 0 radical (unpaired) electrons. The summed E-state index contributed by atoms with van der Waals surface area (Å²) in [4.78, 5) is 26.0. The molecular formula is C38H46N2O3. The number of rotatable bonds is 10. The molecule has 0 saturated heterocycles. The van der Waals surface area contributed by atoms with E-state index in [9.17, 15) is 9.59 Å². The molecule has 2 amide bonds. The van der Waals surface area contributed by atoms with Crippen molar-refractivity contribution in [2.24, 2.45) is 23.5 Å². The van der Waals surface area contributed by atoms with Crippen molar-refractivity contribution in [1.29, 1.82) is 0 Å². The molecule has 0 bridgehead atoms. The maximum absolute atomic E-state index is 12.3. The van der Waals surface area contributed by atoms with Crippen LogP contribution in [0.1, 0.15) is 58.2 Å². The number of nitrogens with zero attached hydrogens (tertiary/aromatic N) is 1. The van der Waals surface area contributed by atoms with Gasteiger partial charge in [0, 0.05) is 13.2 Å². The van der Waals surface area contributed by atoms with Gasteiger partial charge in [0.15, 0.2) is 0 Å². The minimum atomic E-state index is -0.171. The van der Waals surface area contributed by atoms with Gasteiger partial charge in [0.1, 0.15) is 0 Å². The van der Waals surface area contributed by atoms with Crippen molar-refractivity contribution in [1.82, 2.24) is 4.90 Å². The highest BCUT2D eigenvalue weighted by Crippen LogP contribution is 2.24. The van der Waals surface area contributed by atoms with E-state index >= 15 is 0 Å². The Morgan fingerprint density at radius 1 is 0.558 bits per heavy atom. The molecule has 5 rings (SSSR count). The Labute approximate surface area is 257 Å². The fourth-order valence-corrected chi connectivity index (χ4v) is 4.98. The van der Waals surface area contributed by atoms with Gasteiger partial charge in [-0.25, -0.2) is 0 Å². The standard InChI is InChI=1S/C18H17NO2.C10H15N.C10H14O/c1-13(11-14-7-3-2-4-8-14)12-19-17(20)15-9-5-6-10-16(15)18(19)21;2*1-9(8-11)7-10-5-3-2-4-6-10/h2-10,13H,11-12H2,1H3;2-6,9H,7-8,11H2,1H3;2-6,9,11H,7-8H2,1H3/t13-;2*9-/m000/s1. The number of aliphatic hydroxyl groups is 1. The van der Waals surface area contributed by atoms with E-state index < -0.39 is 0 Å². The van der Waals surface area contributed by atoms with E-state index in [4.69, 9.17) is 10.8 Å². The van der Waals surface area contributed by atoms with Crippen LogP contribution in [0, 0.1) is 17.8 Å². The Hall–Kier alpha value is -4.06. The van der Waals surface area contributed by atoms with Crippen molar-refractivity contribution in [3.05, 3.63) is 143 Å². The largest absolute Gasteiger partial charge is 0.396 e. The highest BCUT2D eigenvalue weighted by atomic mass is 16.3. The van der Waals surface area contributed by atoms with Gasteiger partial charge in [0.05, 0.1) is 11.1 Å². The second-order valence-corrected chi connectivity index (χ2v) is 11.6. The number of benzene rings is 4. The van der Waals surface area contributed by atoms with Crippen molar-refractivity contribution in [3.63, 3.8) is 0 Å². The van der Waals surface area contributed by atoms with Gasteiger partial charge >= 0.3 is 0 Å². The van der Waals surface area contributed by atoms with Gasteiger partial charge in [-0.15, -0.1) is 0 Å². The molecule has 5 nitrogen and oxygen atoms in total. The zero-order valence-corrected chi connectivity index (χ0v) is 25.7. The zero-order valence-electron chi connectivity index (χ0n) is 25.7. The Kier molecular flexibility index (Phi) is 13.8. The Balaban J connectivity index is 0.000000195. The fraction of sp³-hybridized carbons (Fsp3) is 0.316. The molecule has 5 heteroatoms. The van der Waals surface area contributed by atoms with Crippen LogP contribution in [0.3, 0.4) is 0 Å². The summed E-state index contributed by atoms with van der Waals surface area (Å²) < 4.78 is 0. The maximum Gasteiger partial charge on any atom is 0.261 e. The number of imide groups is 1. The lowest BCUT2D eigenvalue weighted by Gasteiger charge is -2.19. The average Bonchev–Trinajstić information content (AvgIpc) is 3.27. The van der Waals surface area contributed by atoms with E-state index in [-0.39, 0.29) is 24.3 Å². The van der Waals surface area contributed by atoms with Gasteiger partial charge in [-0.2, -0.15) is 0 Å². The van der Waals surface area contributed by atoms with E-state index in [1.54, 1.807) is 24.3 Å². The van der Waals surface area contributed by atoms with E-state index in [0.29, 0.717) is 29.5 Å². The van der Waals surface area contributed by atoms with Crippen molar-refractivity contribution in [2.45, 2.75) is 40.0 Å².